The van der Waals surface area contributed by atoms with Gasteiger partial charge in [0, 0.05) is 18.6 Å². The molecule has 12 nitrogen and oxygen atoms in total. The van der Waals surface area contributed by atoms with Crippen molar-refractivity contribution in [2.45, 2.75) is 11.5 Å². The molecule has 0 spiro atoms. The molecule has 0 unspecified atom stereocenters. The summed E-state index contributed by atoms with van der Waals surface area (Å²) in [6, 6.07) is 2.92. The Morgan fingerprint density at radius 2 is 1.79 bits per heavy atom. The molecule has 0 atom stereocenters. The molecule has 0 aliphatic heterocycles. The first kappa shape index (κ1) is 23.6. The second-order valence-corrected chi connectivity index (χ2v) is 8.66. The van der Waals surface area contributed by atoms with Crippen LogP contribution in [0, 0.1) is 0 Å². The van der Waals surface area contributed by atoms with Gasteiger partial charge < -0.3 is 14.2 Å². The number of fused-ring (bicyclic) bond motifs is 1. The van der Waals surface area contributed by atoms with Crippen LogP contribution in [-0.4, -0.2) is 58.5 Å². The summed E-state index contributed by atoms with van der Waals surface area (Å²) in [5.41, 5.74) is 0.443. The van der Waals surface area contributed by atoms with Crippen LogP contribution in [0.5, 0.6) is 17.5 Å². The predicted octanol–water partition coefficient (Wildman–Crippen LogP) is 2.14. The Bertz CT molecular complexity index is 1480. The van der Waals surface area contributed by atoms with E-state index in [-0.39, 0.29) is 49.9 Å². The van der Waals surface area contributed by atoms with Crippen molar-refractivity contribution in [1.29, 1.82) is 0 Å². The second-order valence-electron chi connectivity index (χ2n) is 6.72. The topological polar surface area (TPSA) is 149 Å². The van der Waals surface area contributed by atoms with Crippen molar-refractivity contribution in [2.24, 2.45) is 12.2 Å². The molecule has 34 heavy (non-hydrogen) atoms. The molecule has 0 radical (unpaired) electrons. The lowest BCUT2D eigenvalue weighted by molar-refractivity contribution is -0.0534. The van der Waals surface area contributed by atoms with Crippen molar-refractivity contribution in [3.05, 3.63) is 29.7 Å². The van der Waals surface area contributed by atoms with Crippen LogP contribution in [0.1, 0.15) is 0 Å². The predicted molar refractivity (Wildman–Crippen MR) is 115 cm³/mol. The first-order chi connectivity index (χ1) is 16.0. The first-order valence-corrected chi connectivity index (χ1v) is 11.1. The zero-order valence-corrected chi connectivity index (χ0v) is 19.3. The molecule has 0 bridgehead atoms. The zero-order chi connectivity index (χ0) is 24.8. The number of sulfonamides is 1. The number of methoxy groups -OCH3 is 2. The quantitative estimate of drug-likeness (QED) is 0.390. The van der Waals surface area contributed by atoms with E-state index in [0.717, 1.165) is 6.20 Å². The zero-order valence-electron chi connectivity index (χ0n) is 17.7. The lowest BCUT2D eigenvalue weighted by atomic mass is 10.1. The molecule has 0 amide bonds. The lowest BCUT2D eigenvalue weighted by Gasteiger charge is -2.14. The Labute approximate surface area is 195 Å². The number of nitrogens with two attached hydrogens (primary N) is 1. The molecule has 0 saturated heterocycles. The molecule has 0 aliphatic rings. The van der Waals surface area contributed by atoms with Gasteiger partial charge in [-0.15, -0.1) is 0 Å². The van der Waals surface area contributed by atoms with Crippen molar-refractivity contribution in [3.63, 3.8) is 0 Å². The van der Waals surface area contributed by atoms with E-state index in [2.05, 4.69) is 24.8 Å². The van der Waals surface area contributed by atoms with Crippen LogP contribution in [0.25, 0.3) is 28.2 Å². The molecule has 180 valence electrons. The summed E-state index contributed by atoms with van der Waals surface area (Å²) in [5.74, 6) is -1.36. The fraction of sp³-hybridized carbons (Fsp3) is 0.222. The summed E-state index contributed by atoms with van der Waals surface area (Å²) in [6.07, 6.45) is 2.59. The molecule has 4 aromatic rings. The van der Waals surface area contributed by atoms with E-state index in [4.69, 9.17) is 26.2 Å². The maximum atomic E-state index is 12.9. The van der Waals surface area contributed by atoms with Gasteiger partial charge in [-0.1, -0.05) is 11.6 Å². The standard InChI is InChI=1S/C18H16ClF2N7O5S/c1-27-7-23-14(26-27)11-9(19)5-4-8-10(34(22,29)30)6-28(12(8)11)18-24-15(31-2)13(33-17(20)21)16(25-18)32-3/h4-7,17H,1-3H3,(H2,22,29,30). The van der Waals surface area contributed by atoms with Gasteiger partial charge in [0.05, 0.1) is 30.3 Å². The number of benzene rings is 1. The second kappa shape index (κ2) is 8.66. The van der Waals surface area contributed by atoms with E-state index >= 15 is 0 Å². The molecule has 0 saturated carbocycles. The molecular weight excluding hydrogens is 500 g/mol. The number of primary sulfonamides is 1. The number of ether oxygens (including phenoxy) is 3. The highest BCUT2D eigenvalue weighted by Crippen LogP contribution is 2.40. The number of hydrogen-bond donors (Lipinski definition) is 1. The number of nitrogens with zero attached hydrogens (tertiary/aromatic N) is 6. The van der Waals surface area contributed by atoms with Gasteiger partial charge in [0.15, 0.2) is 5.82 Å². The Balaban J connectivity index is 2.12. The molecule has 2 N–H and O–H groups in total. The molecule has 3 aromatic heterocycles. The van der Waals surface area contributed by atoms with E-state index in [0.29, 0.717) is 0 Å². The molecule has 0 aliphatic carbocycles. The van der Waals surface area contributed by atoms with Gasteiger partial charge in [-0.2, -0.15) is 23.8 Å². The number of aromatic nitrogens is 6. The third-order valence-corrected chi connectivity index (χ3v) is 5.86. The van der Waals surface area contributed by atoms with Crippen molar-refractivity contribution < 1.29 is 31.4 Å². The summed E-state index contributed by atoms with van der Waals surface area (Å²) in [6.45, 7) is -3.21. The van der Waals surface area contributed by atoms with Gasteiger partial charge in [-0.25, -0.2) is 18.5 Å². The molecule has 0 fully saturated rings. The van der Waals surface area contributed by atoms with Gasteiger partial charge in [0.2, 0.25) is 21.7 Å². The van der Waals surface area contributed by atoms with Crippen molar-refractivity contribution in [1.82, 2.24) is 29.3 Å². The average molecular weight is 516 g/mol. The average Bonchev–Trinajstić information content (AvgIpc) is 3.37. The molecule has 3 heterocycles. The van der Waals surface area contributed by atoms with Crippen molar-refractivity contribution >= 4 is 32.5 Å². The smallest absolute Gasteiger partial charge is 0.387 e. The normalized spacial score (nSPS) is 11.9. The van der Waals surface area contributed by atoms with Crippen LogP contribution in [-0.2, 0) is 17.1 Å². The van der Waals surface area contributed by atoms with Crippen LogP contribution in [0.2, 0.25) is 5.02 Å². The van der Waals surface area contributed by atoms with Gasteiger partial charge in [-0.05, 0) is 12.1 Å². The lowest BCUT2D eigenvalue weighted by Crippen LogP contribution is -2.12. The van der Waals surface area contributed by atoms with Crippen molar-refractivity contribution in [3.8, 4) is 34.8 Å². The van der Waals surface area contributed by atoms with Crippen molar-refractivity contribution in [2.75, 3.05) is 14.2 Å². The highest BCUT2D eigenvalue weighted by Gasteiger charge is 2.27. The third-order valence-electron chi connectivity index (χ3n) is 4.61. The molecular formula is C18H16ClF2N7O5S. The van der Waals surface area contributed by atoms with Gasteiger partial charge in [-0.3, -0.25) is 9.25 Å². The maximum absolute atomic E-state index is 12.9. The number of alkyl halides is 2. The number of aryl methyl sites for hydroxylation is 1. The highest BCUT2D eigenvalue weighted by atomic mass is 35.5. The van der Waals surface area contributed by atoms with E-state index in [1.165, 1.54) is 41.9 Å². The Hall–Kier alpha value is -3.56. The monoisotopic (exact) mass is 515 g/mol. The summed E-state index contributed by atoms with van der Waals surface area (Å²) in [4.78, 5) is 12.1. The van der Waals surface area contributed by atoms with Crippen LogP contribution in [0.4, 0.5) is 8.78 Å². The Kier molecular flexibility index (Phi) is 6.01. The van der Waals surface area contributed by atoms with Crippen LogP contribution in [0.15, 0.2) is 29.6 Å². The summed E-state index contributed by atoms with van der Waals surface area (Å²) in [7, 11) is -0.243. The minimum absolute atomic E-state index is 0.170. The van der Waals surface area contributed by atoms with E-state index in [1.807, 2.05) is 0 Å². The van der Waals surface area contributed by atoms with E-state index < -0.39 is 22.4 Å². The Morgan fingerprint density at radius 3 is 2.29 bits per heavy atom. The first-order valence-electron chi connectivity index (χ1n) is 9.22. The van der Waals surface area contributed by atoms with Gasteiger partial charge in [0.25, 0.3) is 11.8 Å². The molecule has 16 heteroatoms. The van der Waals surface area contributed by atoms with Gasteiger partial charge >= 0.3 is 6.61 Å². The van der Waals surface area contributed by atoms with Crippen LogP contribution >= 0.6 is 11.6 Å². The highest BCUT2D eigenvalue weighted by molar-refractivity contribution is 7.89. The maximum Gasteiger partial charge on any atom is 0.387 e. The largest absolute Gasteiger partial charge is 0.478 e. The third kappa shape index (κ3) is 4.08. The van der Waals surface area contributed by atoms with Gasteiger partial charge in [0.1, 0.15) is 11.2 Å². The summed E-state index contributed by atoms with van der Waals surface area (Å²) < 4.78 is 67.8. The Morgan fingerprint density at radius 1 is 1.15 bits per heavy atom. The van der Waals surface area contributed by atoms with E-state index in [9.17, 15) is 17.2 Å². The number of rotatable bonds is 7. The fourth-order valence-corrected chi connectivity index (χ4v) is 4.25. The fourth-order valence-electron chi connectivity index (χ4n) is 3.29. The number of halogens is 3. The molecule has 4 rings (SSSR count). The number of hydrogen-bond acceptors (Lipinski definition) is 9. The minimum Gasteiger partial charge on any atom is -0.478 e. The SMILES string of the molecule is COc1nc(-n2cc(S(N)(=O)=O)c3ccc(Cl)c(-c4ncn(C)n4)c32)nc(OC)c1OC(F)F. The summed E-state index contributed by atoms with van der Waals surface area (Å²) in [5, 5.41) is 10.0. The summed E-state index contributed by atoms with van der Waals surface area (Å²) >= 11 is 6.45. The van der Waals surface area contributed by atoms with E-state index in [1.54, 1.807) is 7.05 Å². The minimum atomic E-state index is -4.23. The molecule has 1 aromatic carbocycles. The van der Waals surface area contributed by atoms with Crippen LogP contribution in [0.3, 0.4) is 0 Å². The van der Waals surface area contributed by atoms with Crippen LogP contribution < -0.4 is 19.3 Å².